The summed E-state index contributed by atoms with van der Waals surface area (Å²) in [4.78, 5) is 0. The molecule has 4 atom stereocenters. The second-order valence-corrected chi connectivity index (χ2v) is 7.91. The van der Waals surface area contributed by atoms with Crippen LogP contribution >= 0.6 is 0 Å². The molecule has 0 amide bonds. The van der Waals surface area contributed by atoms with Crippen molar-refractivity contribution in [2.75, 3.05) is 0 Å². The van der Waals surface area contributed by atoms with Gasteiger partial charge in [-0.15, -0.1) is 0 Å². The Labute approximate surface area is 159 Å². The fourth-order valence-corrected chi connectivity index (χ4v) is 3.43. The van der Waals surface area contributed by atoms with Gasteiger partial charge in [-0.25, -0.2) is 0 Å². The maximum Gasteiger partial charge on any atom is 0.0766 e. The van der Waals surface area contributed by atoms with Crippen LogP contribution in [-0.4, -0.2) is 12.2 Å². The maximum absolute atomic E-state index is 6.60. The largest absolute Gasteiger partial charge is 0.367 e. The molecule has 1 nitrogen and oxygen atoms in total. The summed E-state index contributed by atoms with van der Waals surface area (Å²) in [6, 6.07) is 0. The molecule has 0 saturated heterocycles. The summed E-state index contributed by atoms with van der Waals surface area (Å²) in [5, 5.41) is 0. The zero-order valence-corrected chi connectivity index (χ0v) is 18.1. The third kappa shape index (κ3) is 14.3. The van der Waals surface area contributed by atoms with E-state index in [0.29, 0.717) is 0 Å². The van der Waals surface area contributed by atoms with Crippen LogP contribution in [0.5, 0.6) is 0 Å². The van der Waals surface area contributed by atoms with Crippen molar-refractivity contribution in [1.82, 2.24) is 0 Å². The quantitative estimate of drug-likeness (QED) is 0.255. The van der Waals surface area contributed by atoms with E-state index < -0.39 is 0 Å². The van der Waals surface area contributed by atoms with Crippen molar-refractivity contribution < 1.29 is 4.74 Å². The fraction of sp³-hybridized carbons (Fsp3) is 0.833. The smallest absolute Gasteiger partial charge is 0.0766 e. The van der Waals surface area contributed by atoms with Crippen molar-refractivity contribution in [2.24, 2.45) is 11.8 Å². The van der Waals surface area contributed by atoms with E-state index in [1.165, 1.54) is 38.5 Å². The van der Waals surface area contributed by atoms with Crippen molar-refractivity contribution in [3.05, 3.63) is 24.3 Å². The number of hydrogen-bond donors (Lipinski definition) is 0. The number of rotatable bonds is 16. The van der Waals surface area contributed by atoms with Crippen LogP contribution in [0.25, 0.3) is 0 Å². The summed E-state index contributed by atoms with van der Waals surface area (Å²) >= 11 is 0. The van der Waals surface area contributed by atoms with Crippen LogP contribution in [0, 0.1) is 11.8 Å². The van der Waals surface area contributed by atoms with Crippen LogP contribution in [0.3, 0.4) is 0 Å². The standard InChI is InChI=1S/C24H46O/c1-7-11-13-17-23(19-21(5)15-9-3)25-24(18-14-12-8-2)20-22(6)16-10-4/h13-14,17-18,21-24H,7-12,15-16,19-20H2,1-6H3/b17-13+,18-14+. The normalized spacial score (nSPS) is 17.2. The summed E-state index contributed by atoms with van der Waals surface area (Å²) in [5.41, 5.74) is 0. The van der Waals surface area contributed by atoms with Gasteiger partial charge in [-0.2, -0.15) is 0 Å². The van der Waals surface area contributed by atoms with Gasteiger partial charge >= 0.3 is 0 Å². The zero-order valence-electron chi connectivity index (χ0n) is 18.1. The third-order valence-corrected chi connectivity index (χ3v) is 4.79. The van der Waals surface area contributed by atoms with Crippen molar-refractivity contribution in [3.63, 3.8) is 0 Å². The average molecular weight is 351 g/mol. The van der Waals surface area contributed by atoms with Gasteiger partial charge in [0.25, 0.3) is 0 Å². The first-order chi connectivity index (χ1) is 12.1. The number of unbranched alkanes of at least 4 members (excludes halogenated alkanes) is 2. The Morgan fingerprint density at radius 1 is 0.640 bits per heavy atom. The molecule has 0 rings (SSSR count). The molecule has 0 aromatic heterocycles. The Morgan fingerprint density at radius 3 is 1.36 bits per heavy atom. The summed E-state index contributed by atoms with van der Waals surface area (Å²) in [6.07, 6.45) is 22.0. The molecule has 0 spiro atoms. The van der Waals surface area contributed by atoms with Crippen molar-refractivity contribution >= 4 is 0 Å². The molecule has 0 aromatic carbocycles. The average Bonchev–Trinajstić information content (AvgIpc) is 2.55. The molecule has 4 unspecified atom stereocenters. The van der Waals surface area contributed by atoms with Crippen LogP contribution in [0.1, 0.15) is 106 Å². The van der Waals surface area contributed by atoms with Gasteiger partial charge in [0.1, 0.15) is 0 Å². The highest BCUT2D eigenvalue weighted by atomic mass is 16.5. The molecule has 0 N–H and O–H groups in total. The Kier molecular flexibility index (Phi) is 16.5. The van der Waals surface area contributed by atoms with E-state index in [2.05, 4.69) is 65.8 Å². The van der Waals surface area contributed by atoms with E-state index in [1.54, 1.807) is 0 Å². The Morgan fingerprint density at radius 2 is 1.04 bits per heavy atom. The summed E-state index contributed by atoms with van der Waals surface area (Å²) in [6.45, 7) is 13.8. The highest BCUT2D eigenvalue weighted by Crippen LogP contribution is 2.22. The lowest BCUT2D eigenvalue weighted by Crippen LogP contribution is -2.23. The minimum Gasteiger partial charge on any atom is -0.367 e. The van der Waals surface area contributed by atoms with E-state index >= 15 is 0 Å². The molecule has 0 aromatic rings. The minimum atomic E-state index is 0.262. The first-order valence-corrected chi connectivity index (χ1v) is 11.1. The monoisotopic (exact) mass is 350 g/mol. The molecule has 0 saturated carbocycles. The molecule has 0 heterocycles. The Balaban J connectivity index is 4.91. The molecule has 0 aliphatic rings. The second kappa shape index (κ2) is 16.9. The summed E-state index contributed by atoms with van der Waals surface area (Å²) < 4.78 is 6.60. The Bertz CT molecular complexity index is 299. The molecular formula is C24H46O. The van der Waals surface area contributed by atoms with Crippen molar-refractivity contribution in [3.8, 4) is 0 Å². The molecule has 0 fully saturated rings. The predicted octanol–water partition coefficient (Wildman–Crippen LogP) is 8.11. The highest BCUT2D eigenvalue weighted by Gasteiger charge is 2.17. The molecule has 1 heteroatoms. The van der Waals surface area contributed by atoms with Gasteiger partial charge in [-0.05, 0) is 37.5 Å². The van der Waals surface area contributed by atoms with Crippen molar-refractivity contribution in [2.45, 2.75) is 118 Å². The van der Waals surface area contributed by atoms with Crippen LogP contribution in [0.4, 0.5) is 0 Å². The first-order valence-electron chi connectivity index (χ1n) is 11.1. The van der Waals surface area contributed by atoms with Gasteiger partial charge in [-0.1, -0.05) is 104 Å². The van der Waals surface area contributed by atoms with E-state index in [9.17, 15) is 0 Å². The predicted molar refractivity (Wildman–Crippen MR) is 114 cm³/mol. The van der Waals surface area contributed by atoms with E-state index in [-0.39, 0.29) is 12.2 Å². The molecule has 148 valence electrons. The van der Waals surface area contributed by atoms with Crippen LogP contribution < -0.4 is 0 Å². The van der Waals surface area contributed by atoms with E-state index in [4.69, 9.17) is 4.74 Å². The van der Waals surface area contributed by atoms with Crippen LogP contribution in [0.2, 0.25) is 0 Å². The fourth-order valence-electron chi connectivity index (χ4n) is 3.43. The lowest BCUT2D eigenvalue weighted by atomic mass is 9.96. The van der Waals surface area contributed by atoms with Gasteiger partial charge in [0.05, 0.1) is 12.2 Å². The minimum absolute atomic E-state index is 0.262. The van der Waals surface area contributed by atoms with Crippen molar-refractivity contribution in [1.29, 1.82) is 0 Å². The SMILES string of the molecule is CCC/C=C/C(CC(C)CCC)OC(/C=C/CCC)CC(C)CCC. The number of ether oxygens (including phenoxy) is 1. The van der Waals surface area contributed by atoms with E-state index in [1.807, 2.05) is 0 Å². The van der Waals surface area contributed by atoms with Gasteiger partial charge in [0.2, 0.25) is 0 Å². The summed E-state index contributed by atoms with van der Waals surface area (Å²) in [7, 11) is 0. The topological polar surface area (TPSA) is 9.23 Å². The van der Waals surface area contributed by atoms with Crippen LogP contribution in [-0.2, 0) is 4.74 Å². The Hall–Kier alpha value is -0.560. The van der Waals surface area contributed by atoms with Gasteiger partial charge in [0, 0.05) is 0 Å². The highest BCUT2D eigenvalue weighted by molar-refractivity contribution is 4.95. The van der Waals surface area contributed by atoms with E-state index in [0.717, 1.165) is 37.5 Å². The van der Waals surface area contributed by atoms with Gasteiger partial charge < -0.3 is 4.74 Å². The lowest BCUT2D eigenvalue weighted by molar-refractivity contribution is 0.0161. The molecular weight excluding hydrogens is 304 g/mol. The molecule has 0 aliphatic carbocycles. The lowest BCUT2D eigenvalue weighted by Gasteiger charge is -2.25. The molecule has 25 heavy (non-hydrogen) atoms. The third-order valence-electron chi connectivity index (χ3n) is 4.79. The maximum atomic E-state index is 6.60. The number of allylic oxidation sites excluding steroid dienone is 2. The summed E-state index contributed by atoms with van der Waals surface area (Å²) in [5.74, 6) is 1.46. The number of hydrogen-bond acceptors (Lipinski definition) is 1. The van der Waals surface area contributed by atoms with Gasteiger partial charge in [0.15, 0.2) is 0 Å². The van der Waals surface area contributed by atoms with Crippen LogP contribution in [0.15, 0.2) is 24.3 Å². The first kappa shape index (κ1) is 24.4. The second-order valence-electron chi connectivity index (χ2n) is 7.91. The molecule has 0 radical (unpaired) electrons. The molecule has 0 aliphatic heterocycles. The van der Waals surface area contributed by atoms with Gasteiger partial charge in [-0.3, -0.25) is 0 Å². The molecule has 0 bridgehead atoms. The zero-order chi connectivity index (χ0) is 18.9.